The van der Waals surface area contributed by atoms with Crippen LogP contribution in [0.1, 0.15) is 90.1 Å². The summed E-state index contributed by atoms with van der Waals surface area (Å²) >= 11 is 0. The summed E-state index contributed by atoms with van der Waals surface area (Å²) < 4.78 is 1.96. The number of amides is 5. The minimum absolute atomic E-state index is 0.00196. The van der Waals surface area contributed by atoms with Crippen LogP contribution >= 0.6 is 0 Å². The molecule has 12 nitrogen and oxygen atoms in total. The maximum absolute atomic E-state index is 13.4. The maximum atomic E-state index is 13.4. The number of aromatic nitrogens is 2. The molecule has 46 heavy (non-hydrogen) atoms. The molecule has 242 valence electrons. The van der Waals surface area contributed by atoms with E-state index in [-0.39, 0.29) is 46.7 Å². The fourth-order valence-corrected chi connectivity index (χ4v) is 7.48. The van der Waals surface area contributed by atoms with Crippen LogP contribution in [0.25, 0.3) is 0 Å². The fraction of sp³-hybridized carbons (Fsp3) is 0.529. The van der Waals surface area contributed by atoms with Crippen LogP contribution in [0.4, 0.5) is 5.69 Å². The van der Waals surface area contributed by atoms with Gasteiger partial charge in [-0.2, -0.15) is 5.10 Å². The van der Waals surface area contributed by atoms with Crippen molar-refractivity contribution in [1.82, 2.24) is 29.8 Å². The maximum Gasteiger partial charge on any atom is 0.264 e. The smallest absolute Gasteiger partial charge is 0.264 e. The van der Waals surface area contributed by atoms with Crippen molar-refractivity contribution in [3.8, 4) is 0 Å². The number of imide groups is 1. The molecule has 3 saturated heterocycles. The summed E-state index contributed by atoms with van der Waals surface area (Å²) in [6.45, 7) is 6.94. The van der Waals surface area contributed by atoms with Crippen LogP contribution in [0.5, 0.6) is 0 Å². The Morgan fingerprint density at radius 3 is 2.22 bits per heavy atom. The molecule has 0 bridgehead atoms. The monoisotopic (exact) mass is 627 g/mol. The van der Waals surface area contributed by atoms with Crippen molar-refractivity contribution in [1.29, 1.82) is 0 Å². The summed E-state index contributed by atoms with van der Waals surface area (Å²) in [7, 11) is 0. The molecule has 1 aromatic carbocycles. The van der Waals surface area contributed by atoms with Gasteiger partial charge in [-0.15, -0.1) is 0 Å². The van der Waals surface area contributed by atoms with Crippen molar-refractivity contribution in [3.63, 3.8) is 0 Å². The largest absolute Gasteiger partial charge is 0.380 e. The van der Waals surface area contributed by atoms with E-state index in [1.165, 1.54) is 0 Å². The molecule has 1 atom stereocenters. The normalized spacial score (nSPS) is 23.0. The van der Waals surface area contributed by atoms with Crippen molar-refractivity contribution in [3.05, 3.63) is 59.6 Å². The Kier molecular flexibility index (Phi) is 8.12. The molecule has 5 aliphatic rings. The lowest BCUT2D eigenvalue weighted by Crippen LogP contribution is -2.51. The number of carbonyl (C=O) groups is 5. The van der Waals surface area contributed by atoms with Gasteiger partial charge in [0.1, 0.15) is 6.04 Å². The van der Waals surface area contributed by atoms with Gasteiger partial charge in [0, 0.05) is 67.7 Å². The Morgan fingerprint density at radius 1 is 0.891 bits per heavy atom. The number of benzene rings is 1. The summed E-state index contributed by atoms with van der Waals surface area (Å²) in [5, 5.41) is 10.6. The van der Waals surface area contributed by atoms with Gasteiger partial charge < -0.3 is 20.4 Å². The number of nitrogens with one attached hydrogen (secondary N) is 2. The molecule has 0 radical (unpaired) electrons. The number of nitrogens with zero attached hydrogens (tertiary/aromatic N) is 5. The molecule has 1 unspecified atom stereocenters. The molecule has 0 spiro atoms. The minimum Gasteiger partial charge on any atom is -0.380 e. The molecule has 7 rings (SSSR count). The van der Waals surface area contributed by atoms with Crippen LogP contribution in [0, 0.1) is 11.8 Å². The Labute approximate surface area is 268 Å². The molecule has 2 N–H and O–H groups in total. The number of piperidine rings is 3. The SMILES string of the molecule is C=C1CCC(N2C(=O)c3cccc(NCc4cnn(C5CCN(C(=O)C6CCN(C(=O)C7CCC7)CC6)CC5)c4)c3C2=O)C(=O)N1. The van der Waals surface area contributed by atoms with Gasteiger partial charge in [-0.1, -0.05) is 19.1 Å². The highest BCUT2D eigenvalue weighted by molar-refractivity contribution is 6.25. The van der Waals surface area contributed by atoms with E-state index in [0.717, 1.165) is 55.4 Å². The molecule has 2 aromatic rings. The van der Waals surface area contributed by atoms with E-state index in [0.29, 0.717) is 56.9 Å². The zero-order chi connectivity index (χ0) is 31.9. The first-order chi connectivity index (χ1) is 22.3. The predicted molar refractivity (Wildman–Crippen MR) is 168 cm³/mol. The lowest BCUT2D eigenvalue weighted by atomic mass is 9.83. The second-order valence-electron chi connectivity index (χ2n) is 13.3. The number of likely N-dealkylation sites (tertiary alicyclic amines) is 2. The first-order valence-corrected chi connectivity index (χ1v) is 16.6. The predicted octanol–water partition coefficient (Wildman–Crippen LogP) is 3.09. The Morgan fingerprint density at radius 2 is 1.57 bits per heavy atom. The molecule has 1 saturated carbocycles. The van der Waals surface area contributed by atoms with E-state index >= 15 is 0 Å². The average Bonchev–Trinajstić information content (AvgIpc) is 3.62. The number of hydrogen-bond acceptors (Lipinski definition) is 7. The highest BCUT2D eigenvalue weighted by atomic mass is 16.2. The third-order valence-electron chi connectivity index (χ3n) is 10.5. The topological polar surface area (TPSA) is 137 Å². The zero-order valence-corrected chi connectivity index (χ0v) is 26.1. The van der Waals surface area contributed by atoms with Crippen molar-refractivity contribution in [2.75, 3.05) is 31.5 Å². The van der Waals surface area contributed by atoms with E-state index in [4.69, 9.17) is 0 Å². The molecule has 5 heterocycles. The zero-order valence-electron chi connectivity index (χ0n) is 26.1. The van der Waals surface area contributed by atoms with Crippen molar-refractivity contribution in [2.45, 2.75) is 76.4 Å². The van der Waals surface area contributed by atoms with Gasteiger partial charge in [-0.3, -0.25) is 33.6 Å². The van der Waals surface area contributed by atoms with Gasteiger partial charge in [0.15, 0.2) is 0 Å². The number of rotatable bonds is 7. The summed E-state index contributed by atoms with van der Waals surface area (Å²) in [5.41, 5.74) is 2.63. The van der Waals surface area contributed by atoms with Gasteiger partial charge in [0.25, 0.3) is 11.8 Å². The highest BCUT2D eigenvalue weighted by Crippen LogP contribution is 2.34. The quantitative estimate of drug-likeness (QED) is 0.450. The van der Waals surface area contributed by atoms with Crippen LogP contribution in [-0.4, -0.2) is 86.2 Å². The number of fused-ring (bicyclic) bond motifs is 1. The number of carbonyl (C=O) groups excluding carboxylic acids is 5. The second kappa shape index (κ2) is 12.4. The van der Waals surface area contributed by atoms with E-state index in [1.807, 2.05) is 20.7 Å². The van der Waals surface area contributed by atoms with Gasteiger partial charge in [-0.25, -0.2) is 0 Å². The Bertz CT molecular complexity index is 1580. The van der Waals surface area contributed by atoms with Gasteiger partial charge in [0.2, 0.25) is 17.7 Å². The average molecular weight is 628 g/mol. The third kappa shape index (κ3) is 5.58. The van der Waals surface area contributed by atoms with Crippen molar-refractivity contribution < 1.29 is 24.0 Å². The highest BCUT2D eigenvalue weighted by Gasteiger charge is 2.45. The first kappa shape index (κ1) is 30.2. The second-order valence-corrected chi connectivity index (χ2v) is 13.3. The summed E-state index contributed by atoms with van der Waals surface area (Å²) in [6, 6.07) is 4.45. The van der Waals surface area contributed by atoms with E-state index in [1.54, 1.807) is 24.4 Å². The van der Waals surface area contributed by atoms with Crippen LogP contribution in [0.2, 0.25) is 0 Å². The minimum atomic E-state index is -0.856. The van der Waals surface area contributed by atoms with Gasteiger partial charge in [-0.05, 0) is 63.5 Å². The molecular weight excluding hydrogens is 586 g/mol. The Hall–Kier alpha value is -4.48. The lowest BCUT2D eigenvalue weighted by Gasteiger charge is -2.39. The number of hydrogen-bond donors (Lipinski definition) is 2. The van der Waals surface area contributed by atoms with E-state index in [9.17, 15) is 24.0 Å². The fourth-order valence-electron chi connectivity index (χ4n) is 7.48. The lowest BCUT2D eigenvalue weighted by molar-refractivity contribution is -0.144. The number of allylic oxidation sites excluding steroid dienone is 1. The summed E-state index contributed by atoms with van der Waals surface area (Å²) in [6.07, 6.45) is 11.0. The summed E-state index contributed by atoms with van der Waals surface area (Å²) in [5.74, 6) is -0.608. The number of anilines is 1. The van der Waals surface area contributed by atoms with Crippen LogP contribution < -0.4 is 10.6 Å². The molecule has 1 aromatic heterocycles. The van der Waals surface area contributed by atoms with Gasteiger partial charge in [0.05, 0.1) is 23.4 Å². The summed E-state index contributed by atoms with van der Waals surface area (Å²) in [4.78, 5) is 70.1. The standard InChI is InChI=1S/C34H41N7O5/c1-21-8-9-28(30(42)37-21)41-33(45)26-6-3-7-27(29(26)34(41)46)35-18-22-19-36-40(20-22)25-12-16-39(17-13-25)32(44)24-10-14-38(15-11-24)31(43)23-4-2-5-23/h3,6-7,19-20,23-25,28,35H,1-2,4-5,8-18H2,(H,37,42). The van der Waals surface area contributed by atoms with Crippen LogP contribution in [0.3, 0.4) is 0 Å². The van der Waals surface area contributed by atoms with Gasteiger partial charge >= 0.3 is 0 Å². The molecule has 12 heteroatoms. The molecular formula is C34H41N7O5. The Balaban J connectivity index is 0.914. The first-order valence-electron chi connectivity index (χ1n) is 16.6. The third-order valence-corrected chi connectivity index (χ3v) is 10.5. The molecule has 1 aliphatic carbocycles. The molecule has 4 aliphatic heterocycles. The van der Waals surface area contributed by atoms with Crippen LogP contribution in [-0.2, 0) is 20.9 Å². The van der Waals surface area contributed by atoms with Crippen molar-refractivity contribution >= 4 is 35.2 Å². The van der Waals surface area contributed by atoms with Crippen LogP contribution in [0.15, 0.2) is 42.9 Å². The van der Waals surface area contributed by atoms with E-state index in [2.05, 4.69) is 22.3 Å². The molecule has 4 fully saturated rings. The van der Waals surface area contributed by atoms with E-state index < -0.39 is 17.9 Å². The molecule has 5 amide bonds. The van der Waals surface area contributed by atoms with Crippen molar-refractivity contribution in [2.24, 2.45) is 11.8 Å².